The summed E-state index contributed by atoms with van der Waals surface area (Å²) in [6.07, 6.45) is 0.920. The number of likely N-dealkylation sites (tertiary alicyclic amines) is 3. The molecular formula is C50H69N9O15S. The van der Waals surface area contributed by atoms with Crippen molar-refractivity contribution in [1.29, 1.82) is 0 Å². The smallest absolute Gasteiger partial charge is 0.407 e. The molecule has 75 heavy (non-hydrogen) atoms. The lowest BCUT2D eigenvalue weighted by Crippen LogP contribution is -2.54. The van der Waals surface area contributed by atoms with E-state index < -0.39 is 76.4 Å². The van der Waals surface area contributed by atoms with Gasteiger partial charge in [-0.1, -0.05) is 47.6 Å². The highest BCUT2D eigenvalue weighted by atomic mass is 32.2. The first-order valence-corrected chi connectivity index (χ1v) is 26.2. The minimum absolute atomic E-state index is 0.0602. The van der Waals surface area contributed by atoms with Gasteiger partial charge in [-0.15, -0.1) is 4.40 Å². The number of amidine groups is 1. The van der Waals surface area contributed by atoms with Crippen molar-refractivity contribution in [2.45, 2.75) is 128 Å². The second-order valence-electron chi connectivity index (χ2n) is 19.6. The standard InChI is InChI=1S/C38H49N7O10S.C12H20N2O5/c1-21(2)31(41-37(50)54-5)35(48)44-17-7-9-27(44)29(46)19-23-11-16-26-30(20-23)56(52,53)43-33(40-26)24-12-14-25(15-13-24)39-34(47)28-10-8-18-45(28)36(49)32(22(3)4)42-38(51)55-6;1-7(2)9(13-12(18)19-3)10(15)14-6-4-5-8(14)11(16)17/h11-16,20-22,27-28,31-32H,7-10,17-19H2,1-6H3,(H,39,47)(H,40,43)(H,41,50)(H,42,51);7-9H,4-6H2,1-3H3,(H,13,18)(H,16,17)/t27-,28-,31-,32-;8-,9-/m00/s1. The van der Waals surface area contributed by atoms with E-state index in [-0.39, 0.29) is 64.1 Å². The van der Waals surface area contributed by atoms with Crippen LogP contribution >= 0.6 is 0 Å². The van der Waals surface area contributed by atoms with Gasteiger partial charge in [-0.25, -0.2) is 19.2 Å². The Morgan fingerprint density at radius 1 is 0.640 bits per heavy atom. The van der Waals surface area contributed by atoms with Crippen LogP contribution in [0.2, 0.25) is 0 Å². The van der Waals surface area contributed by atoms with Crippen LogP contribution in [-0.2, 0) is 59.4 Å². The molecule has 6 rings (SSSR count). The molecule has 410 valence electrons. The molecule has 3 fully saturated rings. The Balaban J connectivity index is 0.000000460. The van der Waals surface area contributed by atoms with Crippen molar-refractivity contribution in [2.24, 2.45) is 22.2 Å². The lowest BCUT2D eigenvalue weighted by Gasteiger charge is -2.30. The van der Waals surface area contributed by atoms with Crippen molar-refractivity contribution < 1.29 is 70.9 Å². The minimum Gasteiger partial charge on any atom is -0.480 e. The number of carbonyl (C=O) groups excluding carboxylic acids is 8. The first-order chi connectivity index (χ1) is 35.4. The average molecular weight is 1070 g/mol. The Bertz CT molecular complexity index is 2630. The highest BCUT2D eigenvalue weighted by Gasteiger charge is 2.42. The van der Waals surface area contributed by atoms with Crippen molar-refractivity contribution in [3.63, 3.8) is 0 Å². The largest absolute Gasteiger partial charge is 0.480 e. The van der Waals surface area contributed by atoms with Gasteiger partial charge in [0, 0.05) is 37.3 Å². The third-order valence-corrected chi connectivity index (χ3v) is 14.7. The van der Waals surface area contributed by atoms with E-state index in [0.717, 1.165) is 0 Å². The first kappa shape index (κ1) is 58.6. The maximum absolute atomic E-state index is 13.5. The number of fused-ring (bicyclic) bond motifs is 1. The Kier molecular flexibility index (Phi) is 20.1. The molecule has 0 aliphatic carbocycles. The number of Topliss-reactive ketones (excluding diaryl/α,β-unsaturated/α-hetero) is 1. The number of carbonyl (C=O) groups is 9. The maximum atomic E-state index is 13.5. The SMILES string of the molecule is COC(=O)N[C@H](C(=O)N1CCC[C@H]1C(=O)Cc1ccc2c(c1)S(=O)(=O)N=C(c1ccc(NC(=O)[C@@H]3CCCN3C(=O)[C@@H](NC(=O)OC)C(C)C)cc1)N2)C(C)C.COC(=O)N[C@H](C(=O)N1CCC[C@H]1C(=O)O)C(C)C. The average Bonchev–Trinajstić information content (AvgIpc) is 4.19. The predicted octanol–water partition coefficient (Wildman–Crippen LogP) is 3.48. The van der Waals surface area contributed by atoms with E-state index in [1.807, 2.05) is 0 Å². The fourth-order valence-corrected chi connectivity index (χ4v) is 10.5. The lowest BCUT2D eigenvalue weighted by molar-refractivity contribution is -0.149. The van der Waals surface area contributed by atoms with Gasteiger partial charge in [0.1, 0.15) is 35.1 Å². The number of ketones is 1. The summed E-state index contributed by atoms with van der Waals surface area (Å²) in [5, 5.41) is 22.5. The number of sulfonamides is 1. The summed E-state index contributed by atoms with van der Waals surface area (Å²) in [5.74, 6) is -3.38. The number of amides is 7. The molecule has 25 heteroatoms. The van der Waals surface area contributed by atoms with Crippen LogP contribution in [0.5, 0.6) is 0 Å². The summed E-state index contributed by atoms with van der Waals surface area (Å²) in [4.78, 5) is 116. The summed E-state index contributed by atoms with van der Waals surface area (Å²) in [6, 6.07) is 6.21. The molecule has 0 spiro atoms. The van der Waals surface area contributed by atoms with E-state index in [0.29, 0.717) is 75.0 Å². The molecule has 4 aliphatic heterocycles. The fourth-order valence-electron chi connectivity index (χ4n) is 9.28. The number of hydrogen-bond donors (Lipinski definition) is 6. The van der Waals surface area contributed by atoms with Crippen molar-refractivity contribution in [1.82, 2.24) is 30.7 Å². The van der Waals surface area contributed by atoms with Crippen molar-refractivity contribution in [3.8, 4) is 0 Å². The number of aliphatic carboxylic acids is 1. The second kappa shape index (κ2) is 25.8. The van der Waals surface area contributed by atoms with Gasteiger partial charge in [-0.05, 0) is 98.2 Å². The molecule has 2 aromatic rings. The second-order valence-corrected chi connectivity index (χ2v) is 21.1. The Hall–Kier alpha value is -7.31. The zero-order chi connectivity index (χ0) is 55.5. The Morgan fingerprint density at radius 3 is 1.51 bits per heavy atom. The number of rotatable bonds is 16. The molecule has 3 saturated heterocycles. The highest BCUT2D eigenvalue weighted by molar-refractivity contribution is 7.90. The molecule has 4 heterocycles. The molecule has 7 amide bonds. The summed E-state index contributed by atoms with van der Waals surface area (Å²) in [7, 11) is -0.566. The van der Waals surface area contributed by atoms with Gasteiger partial charge in [-0.3, -0.25) is 24.0 Å². The van der Waals surface area contributed by atoms with Crippen molar-refractivity contribution >= 4 is 80.9 Å². The number of carboxylic acids is 1. The van der Waals surface area contributed by atoms with Gasteiger partial charge in [0.2, 0.25) is 23.6 Å². The number of anilines is 2. The number of methoxy groups -OCH3 is 3. The predicted molar refractivity (Wildman–Crippen MR) is 272 cm³/mol. The van der Waals surface area contributed by atoms with E-state index in [2.05, 4.69) is 45.2 Å². The number of nitrogens with zero attached hydrogens (tertiary/aromatic N) is 4. The number of carboxylic acid groups (broad SMARTS) is 1. The van der Waals surface area contributed by atoms with E-state index in [1.165, 1.54) is 42.1 Å². The van der Waals surface area contributed by atoms with Gasteiger partial charge in [0.05, 0.1) is 33.1 Å². The van der Waals surface area contributed by atoms with Crippen LogP contribution in [0.15, 0.2) is 51.8 Å². The fraction of sp³-hybridized carbons (Fsp3) is 0.560. The van der Waals surface area contributed by atoms with Gasteiger partial charge in [-0.2, -0.15) is 8.42 Å². The molecule has 24 nitrogen and oxygen atoms in total. The molecule has 0 radical (unpaired) electrons. The summed E-state index contributed by atoms with van der Waals surface area (Å²) >= 11 is 0. The molecule has 4 aliphatic rings. The molecule has 0 unspecified atom stereocenters. The minimum atomic E-state index is -4.20. The number of benzene rings is 2. The summed E-state index contributed by atoms with van der Waals surface area (Å²) < 4.78 is 44.7. The summed E-state index contributed by atoms with van der Waals surface area (Å²) in [5.41, 5.74) is 1.55. The topological polar surface area (TPSA) is 318 Å². The Labute approximate surface area is 436 Å². The number of nitrogens with one attached hydrogen (secondary N) is 5. The monoisotopic (exact) mass is 1070 g/mol. The molecule has 0 aromatic heterocycles. The van der Waals surface area contributed by atoms with E-state index in [9.17, 15) is 51.6 Å². The van der Waals surface area contributed by atoms with Crippen LogP contribution in [0, 0.1) is 17.8 Å². The molecule has 2 aromatic carbocycles. The van der Waals surface area contributed by atoms with E-state index >= 15 is 0 Å². The molecule has 6 atom stereocenters. The van der Waals surface area contributed by atoms with Crippen molar-refractivity contribution in [3.05, 3.63) is 53.6 Å². The zero-order valence-corrected chi connectivity index (χ0v) is 44.5. The van der Waals surface area contributed by atoms with Gasteiger partial charge < -0.3 is 60.6 Å². The highest BCUT2D eigenvalue weighted by Crippen LogP contribution is 2.32. The molecule has 0 bridgehead atoms. The normalized spacial score (nSPS) is 19.8. The number of hydrogen-bond acceptors (Lipinski definition) is 15. The summed E-state index contributed by atoms with van der Waals surface area (Å²) in [6.45, 7) is 11.8. The number of ether oxygens (including phenoxy) is 3. The van der Waals surface area contributed by atoms with Crippen LogP contribution in [0.25, 0.3) is 0 Å². The van der Waals surface area contributed by atoms with Crippen LogP contribution in [0.4, 0.5) is 25.8 Å². The van der Waals surface area contributed by atoms with Crippen LogP contribution in [-0.4, -0.2) is 165 Å². The molecular weight excluding hydrogens is 999 g/mol. The van der Waals surface area contributed by atoms with Crippen molar-refractivity contribution in [2.75, 3.05) is 51.6 Å². The zero-order valence-electron chi connectivity index (χ0n) is 43.7. The van der Waals surface area contributed by atoms with Crippen LogP contribution in [0.1, 0.15) is 91.2 Å². The van der Waals surface area contributed by atoms with Gasteiger partial charge in [0.25, 0.3) is 10.0 Å². The molecule has 0 saturated carbocycles. The quantitative estimate of drug-likeness (QED) is 0.131. The van der Waals surface area contributed by atoms with Gasteiger partial charge in [0.15, 0.2) is 11.6 Å². The van der Waals surface area contributed by atoms with Crippen LogP contribution in [0.3, 0.4) is 0 Å². The lowest BCUT2D eigenvalue weighted by atomic mass is 9.99. The third kappa shape index (κ3) is 14.5. The molecule has 6 N–H and O–H groups in total. The van der Waals surface area contributed by atoms with Crippen LogP contribution < -0.4 is 26.6 Å². The Morgan fingerprint density at radius 2 is 1.07 bits per heavy atom. The maximum Gasteiger partial charge on any atom is 0.407 e. The number of alkyl carbamates (subject to hydrolysis) is 3. The third-order valence-electron chi connectivity index (χ3n) is 13.3. The first-order valence-electron chi connectivity index (χ1n) is 24.8. The van der Waals surface area contributed by atoms with Gasteiger partial charge >= 0.3 is 24.2 Å². The van der Waals surface area contributed by atoms with E-state index in [4.69, 9.17) is 5.11 Å². The van der Waals surface area contributed by atoms with E-state index in [1.54, 1.807) is 77.9 Å².